The largest absolute Gasteiger partial charge is 0.492 e. The van der Waals surface area contributed by atoms with Crippen LogP contribution in [0, 0.1) is 11.2 Å². The molecule has 162 valence electrons. The van der Waals surface area contributed by atoms with Crippen molar-refractivity contribution in [2.75, 3.05) is 25.1 Å². The quantitative estimate of drug-likeness (QED) is 0.595. The molecule has 9 heteroatoms. The van der Waals surface area contributed by atoms with E-state index in [0.717, 1.165) is 6.20 Å². The predicted molar refractivity (Wildman–Crippen MR) is 112 cm³/mol. The highest BCUT2D eigenvalue weighted by molar-refractivity contribution is 5.99. The number of nitrogens with zero attached hydrogens (tertiary/aromatic N) is 1. The van der Waals surface area contributed by atoms with Crippen LogP contribution in [0.25, 0.3) is 10.9 Å². The highest BCUT2D eigenvalue weighted by atomic mass is 19.1. The van der Waals surface area contributed by atoms with Crippen LogP contribution in [0.2, 0.25) is 0 Å². The summed E-state index contributed by atoms with van der Waals surface area (Å²) in [6, 6.07) is -0.0232. The second-order valence-corrected chi connectivity index (χ2v) is 9.12. The third-order valence-electron chi connectivity index (χ3n) is 6.55. The highest BCUT2D eigenvalue weighted by Gasteiger charge is 2.47. The van der Waals surface area contributed by atoms with Gasteiger partial charge in [0, 0.05) is 36.4 Å². The predicted octanol–water partition coefficient (Wildman–Crippen LogP) is 1.89. The number of aromatic amines is 1. The van der Waals surface area contributed by atoms with Crippen molar-refractivity contribution in [3.8, 4) is 5.75 Å². The summed E-state index contributed by atoms with van der Waals surface area (Å²) in [7, 11) is 1.40. The number of halogens is 1. The van der Waals surface area contributed by atoms with E-state index in [4.69, 9.17) is 16.2 Å². The third-order valence-corrected chi connectivity index (χ3v) is 6.55. The summed E-state index contributed by atoms with van der Waals surface area (Å²) in [4.78, 5) is 29.3. The van der Waals surface area contributed by atoms with E-state index in [1.54, 1.807) is 0 Å². The number of carbonyl (C=O) groups is 1. The van der Waals surface area contributed by atoms with E-state index in [1.165, 1.54) is 7.11 Å². The lowest BCUT2D eigenvalue weighted by Gasteiger charge is -2.44. The van der Waals surface area contributed by atoms with Crippen molar-refractivity contribution < 1.29 is 19.0 Å². The Hall–Kier alpha value is -2.65. The van der Waals surface area contributed by atoms with Crippen molar-refractivity contribution in [2.45, 2.75) is 44.7 Å². The SMILES string of the molecule is COc1c(N2CCC(N)C(C)(C)C2)c(F)c(C2(N)CC2)c2c(=O)c(C(=O)O)c[nH]c12. The molecule has 1 atom stereocenters. The number of nitrogens with two attached hydrogens (primary N) is 2. The second-order valence-electron chi connectivity index (χ2n) is 9.12. The van der Waals surface area contributed by atoms with E-state index in [-0.39, 0.29) is 39.4 Å². The maximum absolute atomic E-state index is 16.1. The van der Waals surface area contributed by atoms with E-state index < -0.39 is 28.3 Å². The average Bonchev–Trinajstić information content (AvgIpc) is 3.41. The summed E-state index contributed by atoms with van der Waals surface area (Å²) in [5.41, 5.74) is 10.7. The Morgan fingerprint density at radius 2 is 2.07 bits per heavy atom. The fraction of sp³-hybridized carbons (Fsp3) is 0.524. The molecule has 8 nitrogen and oxygen atoms in total. The van der Waals surface area contributed by atoms with Gasteiger partial charge in [-0.1, -0.05) is 13.8 Å². The molecule has 0 bridgehead atoms. The summed E-state index contributed by atoms with van der Waals surface area (Å²) < 4.78 is 21.7. The van der Waals surface area contributed by atoms with Gasteiger partial charge >= 0.3 is 5.97 Å². The fourth-order valence-corrected chi connectivity index (χ4v) is 4.45. The molecule has 1 aromatic heterocycles. The number of methoxy groups -OCH3 is 1. The van der Waals surface area contributed by atoms with Crippen molar-refractivity contribution in [1.29, 1.82) is 0 Å². The first-order chi connectivity index (χ1) is 14.0. The van der Waals surface area contributed by atoms with Gasteiger partial charge in [0.15, 0.2) is 11.6 Å². The molecule has 30 heavy (non-hydrogen) atoms. The maximum atomic E-state index is 16.1. The van der Waals surface area contributed by atoms with Crippen LogP contribution < -0.4 is 26.5 Å². The number of nitrogens with one attached hydrogen (secondary N) is 1. The molecule has 0 amide bonds. The topological polar surface area (TPSA) is 135 Å². The van der Waals surface area contributed by atoms with Crippen molar-refractivity contribution in [3.63, 3.8) is 0 Å². The van der Waals surface area contributed by atoms with Gasteiger partial charge in [0.25, 0.3) is 0 Å². The number of carboxylic acids is 1. The molecule has 0 spiro atoms. The Bertz CT molecular complexity index is 1110. The molecule has 2 heterocycles. The summed E-state index contributed by atoms with van der Waals surface area (Å²) in [5.74, 6) is -1.85. The molecule has 1 aromatic carbocycles. The number of hydrogen-bond acceptors (Lipinski definition) is 6. The van der Waals surface area contributed by atoms with Crippen LogP contribution in [0.1, 0.15) is 49.0 Å². The molecular weight excluding hydrogens is 391 g/mol. The van der Waals surface area contributed by atoms with Gasteiger partial charge in [0.1, 0.15) is 11.3 Å². The van der Waals surface area contributed by atoms with Gasteiger partial charge in [0.05, 0.1) is 18.0 Å². The zero-order chi connectivity index (χ0) is 22.0. The minimum atomic E-state index is -1.39. The molecule has 4 rings (SSSR count). The Morgan fingerprint density at radius 3 is 2.60 bits per heavy atom. The number of carboxylic acid groups (broad SMARTS) is 1. The standard InChI is InChI=1S/C21H27FN4O4/c1-20(2)9-26(7-4-11(20)23)16-14(22)13(21(24)5-6-21)12-15(18(16)30-3)25-8-10(17(12)27)19(28)29/h8,11H,4-7,9,23-24H2,1-3H3,(H,25,27)(H,28,29). The molecular formula is C21H27FN4O4. The van der Waals surface area contributed by atoms with Crippen molar-refractivity contribution in [1.82, 2.24) is 4.98 Å². The van der Waals surface area contributed by atoms with Gasteiger partial charge in [-0.2, -0.15) is 0 Å². The second kappa shape index (κ2) is 6.68. The molecule has 6 N–H and O–H groups in total. The number of pyridine rings is 1. The van der Waals surface area contributed by atoms with Gasteiger partial charge in [-0.3, -0.25) is 4.79 Å². The first-order valence-corrected chi connectivity index (χ1v) is 10.00. The molecule has 1 saturated carbocycles. The van der Waals surface area contributed by atoms with Crippen molar-refractivity contribution in [2.24, 2.45) is 16.9 Å². The number of piperidine rings is 1. The molecule has 2 aliphatic rings. The van der Waals surface area contributed by atoms with Crippen molar-refractivity contribution in [3.05, 3.63) is 33.4 Å². The van der Waals surface area contributed by atoms with Gasteiger partial charge < -0.3 is 31.2 Å². The maximum Gasteiger partial charge on any atom is 0.341 e. The van der Waals surface area contributed by atoms with Crippen LogP contribution in [0.3, 0.4) is 0 Å². The molecule has 2 fully saturated rings. The van der Waals surface area contributed by atoms with Crippen molar-refractivity contribution >= 4 is 22.6 Å². The minimum Gasteiger partial charge on any atom is -0.492 e. The monoisotopic (exact) mass is 418 g/mol. The number of hydrogen-bond donors (Lipinski definition) is 4. The Balaban J connectivity index is 2.06. The Morgan fingerprint density at radius 1 is 1.40 bits per heavy atom. The van der Waals surface area contributed by atoms with Crippen LogP contribution in [0.15, 0.2) is 11.0 Å². The number of rotatable bonds is 4. The summed E-state index contributed by atoms with van der Waals surface area (Å²) in [5, 5.41) is 9.32. The zero-order valence-corrected chi connectivity index (χ0v) is 17.3. The van der Waals surface area contributed by atoms with Crippen LogP contribution in [0.5, 0.6) is 5.75 Å². The average molecular weight is 418 g/mol. The van der Waals surface area contributed by atoms with E-state index in [1.807, 2.05) is 18.7 Å². The van der Waals surface area contributed by atoms with E-state index in [0.29, 0.717) is 32.4 Å². The van der Waals surface area contributed by atoms with Crippen LogP contribution >= 0.6 is 0 Å². The zero-order valence-electron chi connectivity index (χ0n) is 17.3. The third kappa shape index (κ3) is 2.95. The minimum absolute atomic E-state index is 0.0232. The van der Waals surface area contributed by atoms with Gasteiger partial charge in [-0.25, -0.2) is 9.18 Å². The van der Waals surface area contributed by atoms with E-state index >= 15 is 4.39 Å². The lowest BCUT2D eigenvalue weighted by atomic mass is 9.79. The van der Waals surface area contributed by atoms with Crippen LogP contribution in [0.4, 0.5) is 10.1 Å². The molecule has 0 radical (unpaired) electrons. The number of aromatic nitrogens is 1. The molecule has 1 unspecified atom stereocenters. The number of benzene rings is 1. The summed E-state index contributed by atoms with van der Waals surface area (Å²) >= 11 is 0. The van der Waals surface area contributed by atoms with E-state index in [2.05, 4.69) is 4.98 Å². The fourth-order valence-electron chi connectivity index (χ4n) is 4.45. The first kappa shape index (κ1) is 20.6. The van der Waals surface area contributed by atoms with Gasteiger partial charge in [-0.15, -0.1) is 0 Å². The lowest BCUT2D eigenvalue weighted by molar-refractivity contribution is 0.0695. The molecule has 2 aromatic rings. The highest BCUT2D eigenvalue weighted by Crippen LogP contribution is 2.51. The normalized spacial score (nSPS) is 22.2. The molecule has 1 saturated heterocycles. The Labute approximate surface area is 173 Å². The number of aromatic carboxylic acids is 1. The van der Waals surface area contributed by atoms with Gasteiger partial charge in [-0.05, 0) is 24.7 Å². The van der Waals surface area contributed by atoms with Crippen LogP contribution in [-0.2, 0) is 5.54 Å². The number of H-pyrrole nitrogens is 1. The smallest absolute Gasteiger partial charge is 0.341 e. The Kier molecular flexibility index (Phi) is 4.59. The number of fused-ring (bicyclic) bond motifs is 1. The number of anilines is 1. The number of ether oxygens (including phenoxy) is 1. The molecule has 1 aliphatic heterocycles. The van der Waals surface area contributed by atoms with E-state index in [9.17, 15) is 14.7 Å². The van der Waals surface area contributed by atoms with Gasteiger partial charge in [0.2, 0.25) is 5.43 Å². The lowest BCUT2D eigenvalue weighted by Crippen LogP contribution is -2.52. The summed E-state index contributed by atoms with van der Waals surface area (Å²) in [6.45, 7) is 5.09. The summed E-state index contributed by atoms with van der Waals surface area (Å²) in [6.07, 6.45) is 2.81. The first-order valence-electron chi connectivity index (χ1n) is 10.00. The molecule has 1 aliphatic carbocycles. The van der Waals surface area contributed by atoms with Crippen LogP contribution in [-0.4, -0.2) is 42.3 Å².